The second-order valence-electron chi connectivity index (χ2n) is 4.95. The summed E-state index contributed by atoms with van der Waals surface area (Å²) in [7, 11) is 1.97. The molecule has 0 aromatic carbocycles. The molecule has 0 saturated carbocycles. The number of nitrogens with zero attached hydrogens (tertiary/aromatic N) is 4. The summed E-state index contributed by atoms with van der Waals surface area (Å²) in [6.07, 6.45) is 5.47. The summed E-state index contributed by atoms with van der Waals surface area (Å²) in [4.78, 5) is 24.6. The highest BCUT2D eigenvalue weighted by Crippen LogP contribution is 2.09. The average molecular weight is 278 g/mol. The normalized spacial score (nSPS) is 15.2. The van der Waals surface area contributed by atoms with Crippen molar-refractivity contribution in [2.75, 3.05) is 44.8 Å². The molecule has 1 aliphatic rings. The van der Waals surface area contributed by atoms with Gasteiger partial charge in [0, 0.05) is 39.1 Å². The van der Waals surface area contributed by atoms with Crippen molar-refractivity contribution in [3.63, 3.8) is 0 Å². The zero-order valence-electron chi connectivity index (χ0n) is 12.2. The highest BCUT2D eigenvalue weighted by atomic mass is 16.5. The minimum Gasteiger partial charge on any atom is -0.378 e. The molecule has 1 aromatic rings. The van der Waals surface area contributed by atoms with Gasteiger partial charge in [-0.2, -0.15) is 0 Å². The minimum absolute atomic E-state index is 0.0175. The Kier molecular flexibility index (Phi) is 5.29. The van der Waals surface area contributed by atoms with E-state index in [4.69, 9.17) is 4.74 Å². The molecular formula is C14H22N4O2. The highest BCUT2D eigenvalue weighted by Gasteiger charge is 2.19. The fourth-order valence-corrected chi connectivity index (χ4v) is 2.07. The van der Waals surface area contributed by atoms with Crippen LogP contribution in [0.1, 0.15) is 30.1 Å². The summed E-state index contributed by atoms with van der Waals surface area (Å²) in [5.74, 6) is 0.646. The lowest BCUT2D eigenvalue weighted by molar-refractivity contribution is 0.0302. The second-order valence-corrected chi connectivity index (χ2v) is 4.95. The molecular weight excluding hydrogens is 256 g/mol. The van der Waals surface area contributed by atoms with Gasteiger partial charge in [-0.3, -0.25) is 4.79 Å². The van der Waals surface area contributed by atoms with Crippen LogP contribution in [0.25, 0.3) is 0 Å². The Morgan fingerprint density at radius 3 is 2.60 bits per heavy atom. The van der Waals surface area contributed by atoms with E-state index in [9.17, 15) is 4.79 Å². The summed E-state index contributed by atoms with van der Waals surface area (Å²) in [5.41, 5.74) is 0.541. The Balaban J connectivity index is 1.98. The van der Waals surface area contributed by atoms with E-state index in [0.29, 0.717) is 37.8 Å². The highest BCUT2D eigenvalue weighted by molar-refractivity contribution is 5.93. The fraction of sp³-hybridized carbons (Fsp3) is 0.643. The third-order valence-corrected chi connectivity index (χ3v) is 3.37. The van der Waals surface area contributed by atoms with Gasteiger partial charge < -0.3 is 14.5 Å². The summed E-state index contributed by atoms with van der Waals surface area (Å²) in [5, 5.41) is 0. The van der Waals surface area contributed by atoms with E-state index in [2.05, 4.69) is 16.9 Å². The first kappa shape index (κ1) is 14.7. The number of morpholine rings is 1. The van der Waals surface area contributed by atoms with Gasteiger partial charge in [0.25, 0.3) is 5.91 Å². The number of carbonyl (C=O) groups is 1. The number of ether oxygens (including phenoxy) is 1. The third-order valence-electron chi connectivity index (χ3n) is 3.37. The molecule has 0 N–H and O–H groups in total. The molecule has 0 radical (unpaired) electrons. The number of rotatable bonds is 5. The Hall–Kier alpha value is -1.69. The largest absolute Gasteiger partial charge is 0.378 e. The van der Waals surface area contributed by atoms with Crippen molar-refractivity contribution in [3.05, 3.63) is 18.0 Å². The van der Waals surface area contributed by atoms with Gasteiger partial charge in [-0.1, -0.05) is 13.3 Å². The average Bonchev–Trinajstić information content (AvgIpc) is 2.53. The van der Waals surface area contributed by atoms with E-state index in [-0.39, 0.29) is 5.91 Å². The van der Waals surface area contributed by atoms with Gasteiger partial charge in [-0.25, -0.2) is 9.97 Å². The van der Waals surface area contributed by atoms with Gasteiger partial charge in [-0.15, -0.1) is 0 Å². The van der Waals surface area contributed by atoms with Gasteiger partial charge in [-0.05, 0) is 6.42 Å². The summed E-state index contributed by atoms with van der Waals surface area (Å²) < 4.78 is 5.24. The maximum atomic E-state index is 12.2. The van der Waals surface area contributed by atoms with Gasteiger partial charge in [0.1, 0.15) is 0 Å². The van der Waals surface area contributed by atoms with Crippen LogP contribution in [0.3, 0.4) is 0 Å². The summed E-state index contributed by atoms with van der Waals surface area (Å²) in [6.45, 7) is 5.55. The lowest BCUT2D eigenvalue weighted by atomic mass is 10.3. The summed E-state index contributed by atoms with van der Waals surface area (Å²) in [6, 6.07) is 0. The molecule has 2 heterocycles. The van der Waals surface area contributed by atoms with Crippen molar-refractivity contribution in [3.8, 4) is 0 Å². The molecule has 1 aromatic heterocycles. The molecule has 0 atom stereocenters. The maximum absolute atomic E-state index is 12.2. The minimum atomic E-state index is -0.0175. The second kappa shape index (κ2) is 7.19. The van der Waals surface area contributed by atoms with E-state index >= 15 is 0 Å². The van der Waals surface area contributed by atoms with E-state index in [0.717, 1.165) is 19.4 Å². The lowest BCUT2D eigenvalue weighted by Crippen LogP contribution is -2.40. The van der Waals surface area contributed by atoms with Crippen LogP contribution in [-0.2, 0) is 4.74 Å². The van der Waals surface area contributed by atoms with Crippen molar-refractivity contribution >= 4 is 11.9 Å². The molecule has 0 aliphatic carbocycles. The number of unbranched alkanes of at least 4 members (excludes halogenated alkanes) is 1. The number of hydrogen-bond acceptors (Lipinski definition) is 5. The number of amides is 1. The summed E-state index contributed by atoms with van der Waals surface area (Å²) >= 11 is 0. The molecule has 0 unspecified atom stereocenters. The third kappa shape index (κ3) is 3.66. The van der Waals surface area contributed by atoms with Crippen molar-refractivity contribution in [1.29, 1.82) is 0 Å². The van der Waals surface area contributed by atoms with E-state index in [1.54, 1.807) is 17.3 Å². The first-order valence-corrected chi connectivity index (χ1v) is 7.12. The zero-order chi connectivity index (χ0) is 14.4. The molecule has 6 heteroatoms. The Morgan fingerprint density at radius 1 is 1.35 bits per heavy atom. The SMILES string of the molecule is CCCCN(C)c1ncc(C(=O)N2CCOCC2)cn1. The van der Waals surface area contributed by atoms with Crippen LogP contribution in [0.5, 0.6) is 0 Å². The Morgan fingerprint density at radius 2 is 2.00 bits per heavy atom. The predicted molar refractivity (Wildman–Crippen MR) is 76.9 cm³/mol. The first-order chi connectivity index (χ1) is 9.72. The van der Waals surface area contributed by atoms with Crippen molar-refractivity contribution in [2.24, 2.45) is 0 Å². The van der Waals surface area contributed by atoms with Crippen molar-refractivity contribution in [1.82, 2.24) is 14.9 Å². The molecule has 1 aliphatic heterocycles. The molecule has 110 valence electrons. The Labute approximate surface area is 119 Å². The molecule has 0 spiro atoms. The lowest BCUT2D eigenvalue weighted by Gasteiger charge is -2.26. The number of carbonyl (C=O) groups excluding carboxylic acids is 1. The molecule has 1 saturated heterocycles. The molecule has 1 amide bonds. The van der Waals surface area contributed by atoms with Crippen LogP contribution in [0.4, 0.5) is 5.95 Å². The topological polar surface area (TPSA) is 58.6 Å². The van der Waals surface area contributed by atoms with Crippen molar-refractivity contribution in [2.45, 2.75) is 19.8 Å². The number of hydrogen-bond donors (Lipinski definition) is 0. The molecule has 2 rings (SSSR count). The van der Waals surface area contributed by atoms with E-state index < -0.39 is 0 Å². The monoisotopic (exact) mass is 278 g/mol. The van der Waals surface area contributed by atoms with Gasteiger partial charge in [0.05, 0.1) is 18.8 Å². The number of aromatic nitrogens is 2. The molecule has 0 bridgehead atoms. The fourth-order valence-electron chi connectivity index (χ4n) is 2.07. The predicted octanol–water partition coefficient (Wildman–Crippen LogP) is 1.19. The van der Waals surface area contributed by atoms with Crippen LogP contribution < -0.4 is 4.90 Å². The zero-order valence-corrected chi connectivity index (χ0v) is 12.2. The molecule has 20 heavy (non-hydrogen) atoms. The van der Waals surface area contributed by atoms with E-state index in [1.807, 2.05) is 11.9 Å². The van der Waals surface area contributed by atoms with Crippen molar-refractivity contribution < 1.29 is 9.53 Å². The molecule has 1 fully saturated rings. The molecule has 6 nitrogen and oxygen atoms in total. The van der Waals surface area contributed by atoms with Gasteiger partial charge in [0.15, 0.2) is 0 Å². The number of anilines is 1. The first-order valence-electron chi connectivity index (χ1n) is 7.12. The maximum Gasteiger partial charge on any atom is 0.257 e. The van der Waals surface area contributed by atoms with Crippen LogP contribution >= 0.6 is 0 Å². The standard InChI is InChI=1S/C14H22N4O2/c1-3-4-5-17(2)14-15-10-12(11-16-14)13(19)18-6-8-20-9-7-18/h10-11H,3-9H2,1-2H3. The van der Waals surface area contributed by atoms with Gasteiger partial charge >= 0.3 is 0 Å². The smallest absolute Gasteiger partial charge is 0.257 e. The van der Waals surface area contributed by atoms with Gasteiger partial charge in [0.2, 0.25) is 5.95 Å². The quantitative estimate of drug-likeness (QED) is 0.809. The van der Waals surface area contributed by atoms with E-state index in [1.165, 1.54) is 0 Å². The Bertz CT molecular complexity index is 429. The van der Waals surface area contributed by atoms with Crippen LogP contribution in [0, 0.1) is 0 Å². The van der Waals surface area contributed by atoms with Crippen LogP contribution in [-0.4, -0.2) is 60.7 Å². The van der Waals surface area contributed by atoms with Crippen LogP contribution in [0.2, 0.25) is 0 Å². The van der Waals surface area contributed by atoms with Crippen LogP contribution in [0.15, 0.2) is 12.4 Å².